The van der Waals surface area contributed by atoms with Gasteiger partial charge in [0.15, 0.2) is 4.77 Å². The fraction of sp³-hybridized carbons (Fsp3) is 0.0526. The lowest BCUT2D eigenvalue weighted by molar-refractivity contribution is 0.906. The van der Waals surface area contributed by atoms with Crippen molar-refractivity contribution in [3.63, 3.8) is 0 Å². The number of rotatable bonds is 3. The van der Waals surface area contributed by atoms with Crippen molar-refractivity contribution < 1.29 is 0 Å². The van der Waals surface area contributed by atoms with Crippen LogP contribution in [0.4, 0.5) is 0 Å². The molecule has 0 aliphatic heterocycles. The summed E-state index contributed by atoms with van der Waals surface area (Å²) in [6.45, 7) is 0. The zero-order chi connectivity index (χ0) is 15.6. The standard InChI is InChI=1S/C19H15N3S.ClH/c23-19-21-20-18(22(19)16-10-2-1-3-11-16)13-15-9-6-8-14-7-4-5-12-17(14)15;/h1-12H,13H2,(H,21,23);1H. The second-order valence-corrected chi connectivity index (χ2v) is 5.82. The van der Waals surface area contributed by atoms with Gasteiger partial charge in [0, 0.05) is 12.1 Å². The molecular formula is C19H16ClN3S. The van der Waals surface area contributed by atoms with Gasteiger partial charge in [-0.25, -0.2) is 0 Å². The van der Waals surface area contributed by atoms with Crippen LogP contribution in [0.5, 0.6) is 0 Å². The maximum Gasteiger partial charge on any atom is 0.199 e. The highest BCUT2D eigenvalue weighted by atomic mass is 35.5. The van der Waals surface area contributed by atoms with Crippen molar-refractivity contribution in [2.75, 3.05) is 0 Å². The summed E-state index contributed by atoms with van der Waals surface area (Å²) in [5, 5.41) is 9.85. The van der Waals surface area contributed by atoms with Crippen LogP contribution in [0, 0.1) is 4.77 Å². The number of hydrogen-bond donors (Lipinski definition) is 1. The van der Waals surface area contributed by atoms with Crippen LogP contribution in [0.25, 0.3) is 16.5 Å². The lowest BCUT2D eigenvalue weighted by atomic mass is 10.0. The Morgan fingerprint density at radius 3 is 2.42 bits per heavy atom. The van der Waals surface area contributed by atoms with Gasteiger partial charge in [-0.2, -0.15) is 5.10 Å². The third-order valence-electron chi connectivity index (χ3n) is 3.98. The molecule has 0 amide bonds. The zero-order valence-electron chi connectivity index (χ0n) is 12.8. The highest BCUT2D eigenvalue weighted by Gasteiger charge is 2.10. The Labute approximate surface area is 151 Å². The first-order chi connectivity index (χ1) is 11.3. The first-order valence-electron chi connectivity index (χ1n) is 7.51. The Morgan fingerprint density at radius 1 is 0.875 bits per heavy atom. The summed E-state index contributed by atoms with van der Waals surface area (Å²) in [6, 6.07) is 24.9. The minimum Gasteiger partial charge on any atom is -0.272 e. The van der Waals surface area contributed by atoms with E-state index in [0.717, 1.165) is 17.9 Å². The highest BCUT2D eigenvalue weighted by molar-refractivity contribution is 7.71. The highest BCUT2D eigenvalue weighted by Crippen LogP contribution is 2.22. The molecule has 0 atom stereocenters. The van der Waals surface area contributed by atoms with Crippen molar-refractivity contribution in [3.05, 3.63) is 89.0 Å². The second-order valence-electron chi connectivity index (χ2n) is 5.43. The third kappa shape index (κ3) is 2.98. The summed E-state index contributed by atoms with van der Waals surface area (Å²) in [5.41, 5.74) is 2.27. The summed E-state index contributed by atoms with van der Waals surface area (Å²) in [7, 11) is 0. The van der Waals surface area contributed by atoms with Gasteiger partial charge < -0.3 is 0 Å². The number of fused-ring (bicyclic) bond motifs is 1. The predicted molar refractivity (Wildman–Crippen MR) is 103 cm³/mol. The second kappa shape index (κ2) is 6.99. The molecule has 1 heterocycles. The van der Waals surface area contributed by atoms with Gasteiger partial charge in [0.25, 0.3) is 0 Å². The smallest absolute Gasteiger partial charge is 0.199 e. The average molecular weight is 354 g/mol. The Morgan fingerprint density at radius 2 is 1.58 bits per heavy atom. The van der Waals surface area contributed by atoms with Gasteiger partial charge in [-0.1, -0.05) is 60.7 Å². The fourth-order valence-corrected chi connectivity index (χ4v) is 3.16. The van der Waals surface area contributed by atoms with Crippen LogP contribution in [0.3, 0.4) is 0 Å². The van der Waals surface area contributed by atoms with Gasteiger partial charge in [-0.05, 0) is 40.7 Å². The molecule has 0 bridgehead atoms. The van der Waals surface area contributed by atoms with E-state index in [1.165, 1.54) is 16.3 Å². The first kappa shape index (κ1) is 16.4. The van der Waals surface area contributed by atoms with E-state index in [4.69, 9.17) is 12.2 Å². The van der Waals surface area contributed by atoms with Crippen LogP contribution in [-0.2, 0) is 6.42 Å². The predicted octanol–water partition coefficient (Wildman–Crippen LogP) is 5.10. The van der Waals surface area contributed by atoms with E-state index in [0.29, 0.717) is 4.77 Å². The molecule has 0 saturated carbocycles. The molecule has 0 spiro atoms. The molecule has 0 aliphatic carbocycles. The summed E-state index contributed by atoms with van der Waals surface area (Å²) >= 11 is 5.41. The Hall–Kier alpha value is -2.43. The molecular weight excluding hydrogens is 338 g/mol. The fourth-order valence-electron chi connectivity index (χ4n) is 2.91. The molecule has 5 heteroatoms. The monoisotopic (exact) mass is 353 g/mol. The van der Waals surface area contributed by atoms with E-state index in [2.05, 4.69) is 52.7 Å². The van der Waals surface area contributed by atoms with E-state index in [1.54, 1.807) is 0 Å². The van der Waals surface area contributed by atoms with Crippen LogP contribution in [-0.4, -0.2) is 14.8 Å². The van der Waals surface area contributed by atoms with Gasteiger partial charge in [0.05, 0.1) is 0 Å². The van der Waals surface area contributed by atoms with Gasteiger partial charge >= 0.3 is 0 Å². The molecule has 4 rings (SSSR count). The molecule has 24 heavy (non-hydrogen) atoms. The van der Waals surface area contributed by atoms with E-state index in [1.807, 2.05) is 34.9 Å². The molecule has 0 aliphatic rings. The SMILES string of the molecule is Cl.S=c1[nH]nc(Cc2cccc3ccccc23)n1-c1ccccc1. The third-order valence-corrected chi connectivity index (χ3v) is 4.26. The van der Waals surface area contributed by atoms with Crippen molar-refractivity contribution in [1.82, 2.24) is 14.8 Å². The zero-order valence-corrected chi connectivity index (χ0v) is 14.5. The van der Waals surface area contributed by atoms with Crippen molar-refractivity contribution in [1.29, 1.82) is 0 Å². The number of aromatic nitrogens is 3. The van der Waals surface area contributed by atoms with Crippen molar-refractivity contribution in [2.45, 2.75) is 6.42 Å². The van der Waals surface area contributed by atoms with Crippen LogP contribution in [0.2, 0.25) is 0 Å². The van der Waals surface area contributed by atoms with E-state index in [-0.39, 0.29) is 12.4 Å². The van der Waals surface area contributed by atoms with E-state index in [9.17, 15) is 0 Å². The molecule has 3 nitrogen and oxygen atoms in total. The summed E-state index contributed by atoms with van der Waals surface area (Å²) in [5.74, 6) is 0.914. The molecule has 120 valence electrons. The Bertz CT molecular complexity index is 1020. The van der Waals surface area contributed by atoms with Crippen molar-refractivity contribution >= 4 is 35.4 Å². The quantitative estimate of drug-likeness (QED) is 0.520. The number of nitrogens with one attached hydrogen (secondary N) is 1. The van der Waals surface area contributed by atoms with Crippen LogP contribution in [0.15, 0.2) is 72.8 Å². The number of nitrogens with zero attached hydrogens (tertiary/aromatic N) is 2. The minimum atomic E-state index is 0. The molecule has 1 N–H and O–H groups in total. The topological polar surface area (TPSA) is 33.6 Å². The number of para-hydroxylation sites is 1. The minimum absolute atomic E-state index is 0. The molecule has 4 aromatic rings. The summed E-state index contributed by atoms with van der Waals surface area (Å²) < 4.78 is 2.61. The van der Waals surface area contributed by atoms with Crippen molar-refractivity contribution in [2.24, 2.45) is 0 Å². The molecule has 0 saturated heterocycles. The maximum absolute atomic E-state index is 5.41. The Balaban J connectivity index is 0.00000169. The van der Waals surface area contributed by atoms with E-state index < -0.39 is 0 Å². The molecule has 3 aromatic carbocycles. The number of H-pyrrole nitrogens is 1. The number of aromatic amines is 1. The normalized spacial score (nSPS) is 10.5. The number of hydrogen-bond acceptors (Lipinski definition) is 2. The average Bonchev–Trinajstić information content (AvgIpc) is 2.96. The largest absolute Gasteiger partial charge is 0.272 e. The van der Waals surface area contributed by atoms with E-state index >= 15 is 0 Å². The lowest BCUT2D eigenvalue weighted by Gasteiger charge is -2.09. The first-order valence-corrected chi connectivity index (χ1v) is 7.92. The van der Waals surface area contributed by atoms with Crippen LogP contribution < -0.4 is 0 Å². The maximum atomic E-state index is 5.41. The van der Waals surface area contributed by atoms with Gasteiger partial charge in [-0.3, -0.25) is 9.67 Å². The summed E-state index contributed by atoms with van der Waals surface area (Å²) in [6.07, 6.45) is 0.726. The lowest BCUT2D eigenvalue weighted by Crippen LogP contribution is -2.02. The van der Waals surface area contributed by atoms with Crippen molar-refractivity contribution in [3.8, 4) is 5.69 Å². The molecule has 0 unspecified atom stereocenters. The van der Waals surface area contributed by atoms with Gasteiger partial charge in [0.1, 0.15) is 5.82 Å². The van der Waals surface area contributed by atoms with Gasteiger partial charge in [0.2, 0.25) is 0 Å². The van der Waals surface area contributed by atoms with Crippen LogP contribution in [0.1, 0.15) is 11.4 Å². The molecule has 0 fully saturated rings. The van der Waals surface area contributed by atoms with Crippen LogP contribution >= 0.6 is 24.6 Å². The molecule has 0 radical (unpaired) electrons. The summed E-state index contributed by atoms with van der Waals surface area (Å²) in [4.78, 5) is 0. The Kier molecular flexibility index (Phi) is 4.79. The molecule has 1 aromatic heterocycles. The number of benzene rings is 3. The number of halogens is 1. The van der Waals surface area contributed by atoms with Gasteiger partial charge in [-0.15, -0.1) is 12.4 Å².